The van der Waals surface area contributed by atoms with Crippen molar-refractivity contribution in [3.05, 3.63) is 77.2 Å². The molecule has 1 N–H and O–H groups in total. The zero-order chi connectivity index (χ0) is 18.8. The van der Waals surface area contributed by atoms with Crippen molar-refractivity contribution in [1.29, 1.82) is 5.26 Å². The van der Waals surface area contributed by atoms with E-state index < -0.39 is 0 Å². The van der Waals surface area contributed by atoms with Crippen molar-refractivity contribution in [2.45, 2.75) is 6.54 Å². The minimum Gasteiger partial charge on any atom is -0.362 e. The molecule has 0 radical (unpaired) electrons. The highest BCUT2D eigenvalue weighted by atomic mass is 35.5. The van der Waals surface area contributed by atoms with Crippen molar-refractivity contribution in [2.24, 2.45) is 0 Å². The Bertz CT molecular complexity index is 1170. The van der Waals surface area contributed by atoms with Gasteiger partial charge in [-0.25, -0.2) is 14.4 Å². The summed E-state index contributed by atoms with van der Waals surface area (Å²) < 4.78 is 15.7. The summed E-state index contributed by atoms with van der Waals surface area (Å²) in [4.78, 5) is 12.5. The fourth-order valence-electron chi connectivity index (χ4n) is 2.82. The van der Waals surface area contributed by atoms with Gasteiger partial charge in [-0.15, -0.1) is 0 Å². The largest absolute Gasteiger partial charge is 0.362 e. The molecular formula is C19H12ClFN6. The van der Waals surface area contributed by atoms with Crippen LogP contribution in [0.5, 0.6) is 0 Å². The number of rotatable bonds is 4. The Kier molecular flexibility index (Phi) is 4.40. The molecule has 0 spiro atoms. The second-order valence-corrected chi connectivity index (χ2v) is 6.04. The van der Waals surface area contributed by atoms with Gasteiger partial charge in [0.25, 0.3) is 0 Å². The number of hydrogen-bond acceptors (Lipinski definition) is 5. The number of halogens is 2. The van der Waals surface area contributed by atoms with Gasteiger partial charge in [0, 0.05) is 11.8 Å². The zero-order valence-corrected chi connectivity index (χ0v) is 14.7. The Balaban J connectivity index is 1.78. The SMILES string of the molecule is N#Cc1cnc(Cl)nc1NCc1nc2ccc(F)cc2n1-c1ccccc1. The number of hydrogen-bond donors (Lipinski definition) is 1. The van der Waals surface area contributed by atoms with Crippen molar-refractivity contribution in [1.82, 2.24) is 19.5 Å². The quantitative estimate of drug-likeness (QED) is 0.541. The van der Waals surface area contributed by atoms with Crippen LogP contribution in [0, 0.1) is 17.1 Å². The number of nitrogens with zero attached hydrogens (tertiary/aromatic N) is 5. The van der Waals surface area contributed by atoms with Gasteiger partial charge in [0.1, 0.15) is 29.1 Å². The van der Waals surface area contributed by atoms with E-state index in [1.807, 2.05) is 41.0 Å². The highest BCUT2D eigenvalue weighted by Gasteiger charge is 2.14. The number of fused-ring (bicyclic) bond motifs is 1. The van der Waals surface area contributed by atoms with E-state index in [2.05, 4.69) is 20.3 Å². The number of nitriles is 1. The van der Waals surface area contributed by atoms with E-state index >= 15 is 0 Å². The molecule has 0 aliphatic carbocycles. The van der Waals surface area contributed by atoms with Gasteiger partial charge in [0.15, 0.2) is 0 Å². The fraction of sp³-hybridized carbons (Fsp3) is 0.0526. The van der Waals surface area contributed by atoms with Gasteiger partial charge >= 0.3 is 0 Å². The lowest BCUT2D eigenvalue weighted by molar-refractivity contribution is 0.629. The first-order valence-corrected chi connectivity index (χ1v) is 8.42. The van der Waals surface area contributed by atoms with Crippen molar-refractivity contribution in [2.75, 3.05) is 5.32 Å². The average Bonchev–Trinajstić information content (AvgIpc) is 3.04. The Labute approximate surface area is 158 Å². The zero-order valence-electron chi connectivity index (χ0n) is 13.9. The van der Waals surface area contributed by atoms with Crippen LogP contribution in [-0.2, 0) is 6.54 Å². The van der Waals surface area contributed by atoms with Crippen LogP contribution in [0.4, 0.5) is 10.2 Å². The van der Waals surface area contributed by atoms with Crippen LogP contribution in [0.1, 0.15) is 11.4 Å². The third-order valence-electron chi connectivity index (χ3n) is 3.99. The molecule has 4 rings (SSSR count). The Morgan fingerprint density at radius 3 is 2.74 bits per heavy atom. The number of para-hydroxylation sites is 1. The fourth-order valence-corrected chi connectivity index (χ4v) is 2.96. The summed E-state index contributed by atoms with van der Waals surface area (Å²) >= 11 is 5.83. The van der Waals surface area contributed by atoms with E-state index in [-0.39, 0.29) is 23.2 Å². The van der Waals surface area contributed by atoms with Gasteiger partial charge in [-0.2, -0.15) is 10.2 Å². The first-order chi connectivity index (χ1) is 13.2. The minimum atomic E-state index is -0.339. The van der Waals surface area contributed by atoms with Crippen LogP contribution < -0.4 is 5.32 Å². The molecule has 0 aliphatic rings. The van der Waals surface area contributed by atoms with Crippen LogP contribution in [0.25, 0.3) is 16.7 Å². The van der Waals surface area contributed by atoms with E-state index in [1.165, 1.54) is 18.3 Å². The first kappa shape index (κ1) is 16.9. The highest BCUT2D eigenvalue weighted by Crippen LogP contribution is 2.23. The molecule has 0 atom stereocenters. The molecule has 0 bridgehead atoms. The third-order valence-corrected chi connectivity index (χ3v) is 4.18. The molecule has 0 aliphatic heterocycles. The van der Waals surface area contributed by atoms with Gasteiger partial charge in [-0.05, 0) is 35.9 Å². The summed E-state index contributed by atoms with van der Waals surface area (Å²) in [5.74, 6) is 0.615. The summed E-state index contributed by atoms with van der Waals surface area (Å²) in [6.07, 6.45) is 1.35. The first-order valence-electron chi connectivity index (χ1n) is 8.04. The minimum absolute atomic E-state index is 0.0372. The molecule has 0 fully saturated rings. The summed E-state index contributed by atoms with van der Waals surface area (Å²) in [6, 6.07) is 16.0. The highest BCUT2D eigenvalue weighted by molar-refractivity contribution is 6.28. The molecule has 2 aromatic heterocycles. The predicted octanol–water partition coefficient (Wildman–Crippen LogP) is 4.09. The molecule has 2 heterocycles. The Hall–Kier alpha value is -3.50. The lowest BCUT2D eigenvalue weighted by Gasteiger charge is -2.11. The lowest BCUT2D eigenvalue weighted by atomic mass is 10.2. The molecule has 8 heteroatoms. The summed E-state index contributed by atoms with van der Waals surface area (Å²) in [5.41, 5.74) is 2.44. The summed E-state index contributed by atoms with van der Waals surface area (Å²) in [5, 5.41) is 12.3. The van der Waals surface area contributed by atoms with Gasteiger partial charge in [0.05, 0.1) is 23.8 Å². The van der Waals surface area contributed by atoms with Crippen LogP contribution in [0.3, 0.4) is 0 Å². The second kappa shape index (κ2) is 7.02. The molecule has 0 saturated carbocycles. The van der Waals surface area contributed by atoms with E-state index in [4.69, 9.17) is 11.6 Å². The molecule has 132 valence electrons. The van der Waals surface area contributed by atoms with Crippen molar-refractivity contribution < 1.29 is 4.39 Å². The van der Waals surface area contributed by atoms with Crippen molar-refractivity contribution in [3.63, 3.8) is 0 Å². The van der Waals surface area contributed by atoms with Crippen molar-refractivity contribution >= 4 is 28.5 Å². The molecule has 0 saturated heterocycles. The van der Waals surface area contributed by atoms with Crippen LogP contribution in [-0.4, -0.2) is 19.5 Å². The lowest BCUT2D eigenvalue weighted by Crippen LogP contribution is -2.10. The van der Waals surface area contributed by atoms with Gasteiger partial charge < -0.3 is 5.32 Å². The van der Waals surface area contributed by atoms with Gasteiger partial charge in [-0.3, -0.25) is 4.57 Å². The topological polar surface area (TPSA) is 79.4 Å². The van der Waals surface area contributed by atoms with Crippen LogP contribution in [0.15, 0.2) is 54.7 Å². The number of benzene rings is 2. The van der Waals surface area contributed by atoms with Crippen LogP contribution in [0.2, 0.25) is 5.28 Å². The molecule has 27 heavy (non-hydrogen) atoms. The maximum atomic E-state index is 13.8. The van der Waals surface area contributed by atoms with E-state index in [0.717, 1.165) is 5.69 Å². The number of aromatic nitrogens is 4. The summed E-state index contributed by atoms with van der Waals surface area (Å²) in [7, 11) is 0. The number of nitrogens with one attached hydrogen (secondary N) is 1. The standard InChI is InChI=1S/C19H12ClFN6/c20-19-24-10-12(9-22)18(26-19)23-11-17-25-15-7-6-13(21)8-16(15)27(17)14-4-2-1-3-5-14/h1-8,10H,11H2,(H,23,24,26). The monoisotopic (exact) mass is 378 g/mol. The van der Waals surface area contributed by atoms with E-state index in [1.54, 1.807) is 6.07 Å². The van der Waals surface area contributed by atoms with Gasteiger partial charge in [-0.1, -0.05) is 18.2 Å². The molecule has 0 amide bonds. The molecule has 6 nitrogen and oxygen atoms in total. The molecule has 4 aromatic rings. The Morgan fingerprint density at radius 1 is 1.15 bits per heavy atom. The maximum absolute atomic E-state index is 13.8. The van der Waals surface area contributed by atoms with Gasteiger partial charge in [0.2, 0.25) is 5.28 Å². The molecule has 2 aromatic carbocycles. The average molecular weight is 379 g/mol. The third kappa shape index (κ3) is 3.30. The molecular weight excluding hydrogens is 367 g/mol. The Morgan fingerprint density at radius 2 is 1.96 bits per heavy atom. The number of imidazole rings is 1. The second-order valence-electron chi connectivity index (χ2n) is 5.70. The maximum Gasteiger partial charge on any atom is 0.224 e. The smallest absolute Gasteiger partial charge is 0.224 e. The molecule has 0 unspecified atom stereocenters. The van der Waals surface area contributed by atoms with E-state index in [9.17, 15) is 9.65 Å². The number of anilines is 1. The van der Waals surface area contributed by atoms with Crippen LogP contribution >= 0.6 is 11.6 Å². The summed E-state index contributed by atoms with van der Waals surface area (Å²) in [6.45, 7) is 0.257. The normalized spacial score (nSPS) is 10.7. The van der Waals surface area contributed by atoms with Crippen molar-refractivity contribution in [3.8, 4) is 11.8 Å². The predicted molar refractivity (Wildman–Crippen MR) is 100 cm³/mol. The van der Waals surface area contributed by atoms with E-state index in [0.29, 0.717) is 22.7 Å².